The largest absolute Gasteiger partial charge is 0.462 e. The highest BCUT2D eigenvalue weighted by Gasteiger charge is 2.63. The zero-order valence-corrected chi connectivity index (χ0v) is 19.4. The predicted octanol–water partition coefficient (Wildman–Crippen LogP) is 5.14. The van der Waals surface area contributed by atoms with E-state index in [1.807, 2.05) is 0 Å². The van der Waals surface area contributed by atoms with Crippen LogP contribution in [0.3, 0.4) is 0 Å². The first-order valence-electron chi connectivity index (χ1n) is 12.3. The zero-order chi connectivity index (χ0) is 22.0. The van der Waals surface area contributed by atoms with Crippen LogP contribution in [-0.2, 0) is 14.3 Å². The van der Waals surface area contributed by atoms with E-state index in [2.05, 4.69) is 50.4 Å². The summed E-state index contributed by atoms with van der Waals surface area (Å²) in [5.74, 6) is 2.28. The molecular formula is C27H37NO3. The van der Waals surface area contributed by atoms with E-state index in [4.69, 9.17) is 4.74 Å². The number of nitrogens with one attached hydrogen (secondary N) is 1. The summed E-state index contributed by atoms with van der Waals surface area (Å²) in [6.45, 7) is 8.53. The molecule has 1 amide bonds. The van der Waals surface area contributed by atoms with Crippen molar-refractivity contribution in [3.63, 3.8) is 0 Å². The van der Waals surface area contributed by atoms with Gasteiger partial charge in [0.25, 0.3) is 0 Å². The molecule has 0 radical (unpaired) electrons. The highest BCUT2D eigenvalue weighted by molar-refractivity contribution is 5.77. The van der Waals surface area contributed by atoms with Gasteiger partial charge >= 0.3 is 5.97 Å². The molecule has 0 spiro atoms. The molecule has 31 heavy (non-hydrogen) atoms. The number of fused-ring (bicyclic) bond motifs is 5. The van der Waals surface area contributed by atoms with E-state index in [0.29, 0.717) is 30.1 Å². The molecule has 4 fully saturated rings. The highest BCUT2D eigenvalue weighted by Crippen LogP contribution is 2.67. The van der Waals surface area contributed by atoms with Crippen LogP contribution in [0.15, 0.2) is 24.3 Å². The van der Waals surface area contributed by atoms with Crippen molar-refractivity contribution in [1.82, 2.24) is 5.32 Å². The standard InChI is InChI=1S/C27H37NO3/c1-16-5-7-18(8-6-16)19-15-22-26(3,14-12-24(30)28-22)21-11-13-27(4)20(25(19)21)9-10-23(27)31-17(2)29/h5-8,19-23,25H,9-15H2,1-4H3,(H,28,30)/t19-,20+,21+,22-,23+,25+,26-,27+/m1/s1. The van der Waals surface area contributed by atoms with Gasteiger partial charge in [-0.05, 0) is 80.1 Å². The molecule has 1 N–H and O–H groups in total. The normalized spacial score (nSPS) is 43.9. The van der Waals surface area contributed by atoms with Crippen LogP contribution in [0, 0.1) is 35.5 Å². The third-order valence-corrected chi connectivity index (χ3v) is 9.88. The van der Waals surface area contributed by atoms with Gasteiger partial charge in [0, 0.05) is 24.8 Å². The lowest BCUT2D eigenvalue weighted by Gasteiger charge is -2.62. The SMILES string of the molecule is CC(=O)O[C@H]1CC[C@H]2[C@@H]3[C@@H](c4ccc(C)cc4)C[C@H]4NC(=O)CC[C@]4(C)[C@H]3CC[C@]12C. The van der Waals surface area contributed by atoms with Crippen LogP contribution in [0.1, 0.15) is 82.8 Å². The van der Waals surface area contributed by atoms with E-state index in [-0.39, 0.29) is 34.9 Å². The molecule has 0 bridgehead atoms. The van der Waals surface area contributed by atoms with Gasteiger partial charge in [-0.15, -0.1) is 0 Å². The molecule has 168 valence electrons. The van der Waals surface area contributed by atoms with Crippen LogP contribution in [0.5, 0.6) is 0 Å². The van der Waals surface area contributed by atoms with E-state index in [9.17, 15) is 9.59 Å². The second-order valence-electron chi connectivity index (χ2n) is 11.4. The Morgan fingerprint density at radius 1 is 1.03 bits per heavy atom. The van der Waals surface area contributed by atoms with Crippen molar-refractivity contribution in [3.8, 4) is 0 Å². The number of carbonyl (C=O) groups excluding carboxylic acids is 2. The van der Waals surface area contributed by atoms with Crippen LogP contribution < -0.4 is 5.32 Å². The molecule has 3 aliphatic carbocycles. The summed E-state index contributed by atoms with van der Waals surface area (Å²) in [4.78, 5) is 24.2. The number of aryl methyl sites for hydroxylation is 1. The van der Waals surface area contributed by atoms with Crippen molar-refractivity contribution in [2.24, 2.45) is 28.6 Å². The minimum Gasteiger partial charge on any atom is -0.462 e. The molecule has 4 heteroatoms. The van der Waals surface area contributed by atoms with Crippen molar-refractivity contribution in [2.75, 3.05) is 0 Å². The van der Waals surface area contributed by atoms with E-state index in [1.54, 1.807) is 6.92 Å². The second kappa shape index (κ2) is 7.35. The Balaban J connectivity index is 1.56. The molecule has 1 aromatic carbocycles. The number of hydrogen-bond acceptors (Lipinski definition) is 3. The minimum absolute atomic E-state index is 0.0474. The molecule has 0 unspecified atom stereocenters. The van der Waals surface area contributed by atoms with Crippen molar-refractivity contribution in [1.29, 1.82) is 0 Å². The summed E-state index contributed by atoms with van der Waals surface area (Å²) in [6.07, 6.45) is 7.15. The van der Waals surface area contributed by atoms with Crippen molar-refractivity contribution >= 4 is 11.9 Å². The molecule has 1 saturated heterocycles. The number of carbonyl (C=O) groups is 2. The predicted molar refractivity (Wildman–Crippen MR) is 120 cm³/mol. The van der Waals surface area contributed by atoms with Crippen LogP contribution in [-0.4, -0.2) is 24.0 Å². The third-order valence-electron chi connectivity index (χ3n) is 9.88. The Morgan fingerprint density at radius 3 is 2.45 bits per heavy atom. The van der Waals surface area contributed by atoms with Crippen LogP contribution in [0.4, 0.5) is 0 Å². The average molecular weight is 424 g/mol. The number of hydrogen-bond donors (Lipinski definition) is 1. The maximum Gasteiger partial charge on any atom is 0.302 e. The molecule has 1 aliphatic heterocycles. The van der Waals surface area contributed by atoms with Gasteiger partial charge in [-0.1, -0.05) is 43.7 Å². The lowest BCUT2D eigenvalue weighted by molar-refractivity contribution is -0.161. The van der Waals surface area contributed by atoms with Gasteiger partial charge in [-0.2, -0.15) is 0 Å². The fourth-order valence-electron chi connectivity index (χ4n) is 8.21. The molecule has 4 nitrogen and oxygen atoms in total. The Hall–Kier alpha value is -1.84. The number of benzene rings is 1. The summed E-state index contributed by atoms with van der Waals surface area (Å²) in [7, 11) is 0. The summed E-state index contributed by atoms with van der Waals surface area (Å²) < 4.78 is 5.87. The monoisotopic (exact) mass is 423 g/mol. The Bertz CT molecular complexity index is 879. The highest BCUT2D eigenvalue weighted by atomic mass is 16.5. The summed E-state index contributed by atoms with van der Waals surface area (Å²) >= 11 is 0. The quantitative estimate of drug-likeness (QED) is 0.670. The van der Waals surface area contributed by atoms with Gasteiger partial charge in [0.15, 0.2) is 0 Å². The molecule has 3 saturated carbocycles. The molecule has 0 aromatic heterocycles. The second-order valence-corrected chi connectivity index (χ2v) is 11.4. The smallest absolute Gasteiger partial charge is 0.302 e. The number of rotatable bonds is 2. The average Bonchev–Trinajstić information content (AvgIpc) is 3.04. The minimum atomic E-state index is -0.144. The number of piperidine rings is 1. The van der Waals surface area contributed by atoms with E-state index < -0.39 is 0 Å². The first kappa shape index (κ1) is 21.0. The van der Waals surface area contributed by atoms with Crippen LogP contribution >= 0.6 is 0 Å². The summed E-state index contributed by atoms with van der Waals surface area (Å²) in [6, 6.07) is 9.35. The summed E-state index contributed by atoms with van der Waals surface area (Å²) in [5, 5.41) is 3.40. The van der Waals surface area contributed by atoms with Crippen molar-refractivity contribution in [3.05, 3.63) is 35.4 Å². The number of amides is 1. The lowest BCUT2D eigenvalue weighted by Crippen LogP contribution is -2.63. The topological polar surface area (TPSA) is 55.4 Å². The molecular weight excluding hydrogens is 386 g/mol. The zero-order valence-electron chi connectivity index (χ0n) is 19.4. The van der Waals surface area contributed by atoms with E-state index in [0.717, 1.165) is 32.1 Å². The van der Waals surface area contributed by atoms with E-state index in [1.165, 1.54) is 17.5 Å². The fourth-order valence-corrected chi connectivity index (χ4v) is 8.21. The first-order valence-corrected chi connectivity index (χ1v) is 12.3. The molecule has 8 atom stereocenters. The molecule has 1 aromatic rings. The third kappa shape index (κ3) is 3.24. The number of ether oxygens (including phenoxy) is 1. The Labute approximate surface area is 186 Å². The Kier molecular flexibility index (Phi) is 4.99. The maximum atomic E-state index is 12.3. The van der Waals surface area contributed by atoms with Crippen LogP contribution in [0.2, 0.25) is 0 Å². The van der Waals surface area contributed by atoms with Gasteiger partial charge in [0.2, 0.25) is 5.91 Å². The maximum absolute atomic E-state index is 12.3. The van der Waals surface area contributed by atoms with Gasteiger partial charge in [0.1, 0.15) is 6.10 Å². The van der Waals surface area contributed by atoms with Crippen LogP contribution in [0.25, 0.3) is 0 Å². The fraction of sp³-hybridized carbons (Fsp3) is 0.704. The molecule has 1 heterocycles. The van der Waals surface area contributed by atoms with Gasteiger partial charge < -0.3 is 10.1 Å². The van der Waals surface area contributed by atoms with Crippen molar-refractivity contribution < 1.29 is 14.3 Å². The van der Waals surface area contributed by atoms with Gasteiger partial charge in [-0.25, -0.2) is 0 Å². The lowest BCUT2D eigenvalue weighted by atomic mass is 9.44. The molecule has 5 rings (SSSR count). The summed E-state index contributed by atoms with van der Waals surface area (Å²) in [5.41, 5.74) is 2.94. The van der Waals surface area contributed by atoms with Gasteiger partial charge in [-0.3, -0.25) is 9.59 Å². The van der Waals surface area contributed by atoms with Crippen molar-refractivity contribution in [2.45, 2.75) is 90.7 Å². The van der Waals surface area contributed by atoms with Gasteiger partial charge in [0.05, 0.1) is 0 Å². The number of esters is 1. The first-order chi connectivity index (χ1) is 14.7. The molecule has 4 aliphatic rings. The van der Waals surface area contributed by atoms with E-state index >= 15 is 0 Å². The Morgan fingerprint density at radius 2 is 1.74 bits per heavy atom.